The molecule has 0 aromatic carbocycles. The molecule has 14 heavy (non-hydrogen) atoms. The topological polar surface area (TPSA) is 43.4 Å². The molecule has 0 saturated carbocycles. The molecule has 0 aliphatic heterocycles. The summed E-state index contributed by atoms with van der Waals surface area (Å²) < 4.78 is 4.72. The van der Waals surface area contributed by atoms with Gasteiger partial charge in [0.15, 0.2) is 0 Å². The van der Waals surface area contributed by atoms with E-state index in [1.807, 2.05) is 0 Å². The molecule has 0 bridgehead atoms. The summed E-state index contributed by atoms with van der Waals surface area (Å²) in [5, 5.41) is 0. The van der Waals surface area contributed by atoms with Gasteiger partial charge in [-0.2, -0.15) is 0 Å². The lowest BCUT2D eigenvalue weighted by Crippen LogP contribution is -2.14. The van der Waals surface area contributed by atoms with Gasteiger partial charge in [-0.05, 0) is 6.42 Å². The smallest absolute Gasteiger partial charge is 0.374 e. The summed E-state index contributed by atoms with van der Waals surface area (Å²) in [4.78, 5) is 21.2. The molecular weight excluding hydrogens is 180 g/mol. The molecule has 3 heteroatoms. The molecule has 0 aromatic heterocycles. The lowest BCUT2D eigenvalue weighted by molar-refractivity contribution is -0.153. The zero-order valence-corrected chi connectivity index (χ0v) is 9.17. The first kappa shape index (κ1) is 13.1. The maximum atomic E-state index is 10.7. The molecule has 0 rings (SSSR count). The van der Waals surface area contributed by atoms with Crippen LogP contribution < -0.4 is 0 Å². The molecule has 0 saturated heterocycles. The Kier molecular flexibility index (Phi) is 8.19. The van der Waals surface area contributed by atoms with Gasteiger partial charge in [-0.15, -0.1) is 0 Å². The van der Waals surface area contributed by atoms with E-state index in [0.29, 0.717) is 6.61 Å². The van der Waals surface area contributed by atoms with Crippen LogP contribution in [0.1, 0.15) is 52.4 Å². The van der Waals surface area contributed by atoms with Crippen molar-refractivity contribution in [3.05, 3.63) is 0 Å². The van der Waals surface area contributed by atoms with Crippen LogP contribution in [0.15, 0.2) is 0 Å². The van der Waals surface area contributed by atoms with Crippen molar-refractivity contribution in [2.75, 3.05) is 6.61 Å². The number of carbonyl (C=O) groups excluding carboxylic acids is 2. The molecule has 3 nitrogen and oxygen atoms in total. The quantitative estimate of drug-likeness (QED) is 0.343. The largest absolute Gasteiger partial charge is 0.460 e. The predicted molar refractivity (Wildman–Crippen MR) is 55.0 cm³/mol. The van der Waals surface area contributed by atoms with Crippen molar-refractivity contribution in [2.24, 2.45) is 0 Å². The molecule has 0 unspecified atom stereocenters. The number of ether oxygens (including phenoxy) is 1. The molecule has 0 aliphatic carbocycles. The number of hydrogen-bond donors (Lipinski definition) is 0. The molecule has 82 valence electrons. The van der Waals surface area contributed by atoms with Crippen LogP contribution in [0.3, 0.4) is 0 Å². The number of rotatable bonds is 8. The minimum absolute atomic E-state index is 0.380. The van der Waals surface area contributed by atoms with E-state index in [0.717, 1.165) is 12.8 Å². The van der Waals surface area contributed by atoms with Crippen molar-refractivity contribution in [3.8, 4) is 0 Å². The Bertz CT molecular complexity index is 175. The Morgan fingerprint density at radius 2 is 1.57 bits per heavy atom. The van der Waals surface area contributed by atoms with Gasteiger partial charge in [0.05, 0.1) is 6.61 Å². The Morgan fingerprint density at radius 1 is 1.00 bits per heavy atom. The minimum Gasteiger partial charge on any atom is -0.460 e. The highest BCUT2D eigenvalue weighted by atomic mass is 16.5. The van der Waals surface area contributed by atoms with Crippen LogP contribution in [0.5, 0.6) is 0 Å². The summed E-state index contributed by atoms with van der Waals surface area (Å²) in [6, 6.07) is 0. The van der Waals surface area contributed by atoms with E-state index in [1.54, 1.807) is 0 Å². The molecule has 0 aromatic rings. The van der Waals surface area contributed by atoms with Crippen molar-refractivity contribution in [1.82, 2.24) is 0 Å². The van der Waals surface area contributed by atoms with Crippen LogP contribution in [0.25, 0.3) is 0 Å². The van der Waals surface area contributed by atoms with E-state index in [4.69, 9.17) is 4.74 Å². The van der Waals surface area contributed by atoms with Gasteiger partial charge >= 0.3 is 5.97 Å². The van der Waals surface area contributed by atoms with E-state index in [2.05, 4.69) is 6.92 Å². The van der Waals surface area contributed by atoms with Crippen molar-refractivity contribution in [3.63, 3.8) is 0 Å². The van der Waals surface area contributed by atoms with Crippen LogP contribution in [0, 0.1) is 0 Å². The second-order valence-corrected chi connectivity index (χ2v) is 3.46. The monoisotopic (exact) mass is 200 g/mol. The van der Waals surface area contributed by atoms with E-state index in [-0.39, 0.29) is 0 Å². The number of unbranched alkanes of at least 4 members (excludes halogenated alkanes) is 5. The zero-order chi connectivity index (χ0) is 10.8. The van der Waals surface area contributed by atoms with Gasteiger partial charge in [0, 0.05) is 6.92 Å². The second kappa shape index (κ2) is 8.73. The van der Waals surface area contributed by atoms with Crippen LogP contribution in [0.4, 0.5) is 0 Å². The summed E-state index contributed by atoms with van der Waals surface area (Å²) in [5.74, 6) is -1.23. The van der Waals surface area contributed by atoms with Gasteiger partial charge in [-0.3, -0.25) is 4.79 Å². The minimum atomic E-state index is -0.710. The molecule has 0 spiro atoms. The van der Waals surface area contributed by atoms with Crippen molar-refractivity contribution >= 4 is 11.8 Å². The molecule has 0 atom stereocenters. The van der Waals surface area contributed by atoms with E-state index in [9.17, 15) is 9.59 Å². The highest BCUT2D eigenvalue weighted by Gasteiger charge is 2.07. The molecule has 0 heterocycles. The van der Waals surface area contributed by atoms with Crippen LogP contribution >= 0.6 is 0 Å². The fourth-order valence-electron chi connectivity index (χ4n) is 1.15. The Morgan fingerprint density at radius 3 is 2.14 bits per heavy atom. The third kappa shape index (κ3) is 7.77. The first-order valence-corrected chi connectivity index (χ1v) is 5.36. The fraction of sp³-hybridized carbons (Fsp3) is 0.818. The maximum Gasteiger partial charge on any atom is 0.374 e. The van der Waals surface area contributed by atoms with Gasteiger partial charge in [0.1, 0.15) is 0 Å². The summed E-state index contributed by atoms with van der Waals surface area (Å²) in [5.41, 5.74) is 0. The molecule has 0 radical (unpaired) electrons. The third-order valence-corrected chi connectivity index (χ3v) is 2.02. The van der Waals surface area contributed by atoms with Crippen molar-refractivity contribution in [2.45, 2.75) is 52.4 Å². The first-order chi connectivity index (χ1) is 6.68. The lowest BCUT2D eigenvalue weighted by atomic mass is 10.1. The average molecular weight is 200 g/mol. The van der Waals surface area contributed by atoms with Gasteiger partial charge in [-0.1, -0.05) is 39.0 Å². The number of ketones is 1. The summed E-state index contributed by atoms with van der Waals surface area (Å²) >= 11 is 0. The maximum absolute atomic E-state index is 10.7. The van der Waals surface area contributed by atoms with Crippen LogP contribution in [0.2, 0.25) is 0 Å². The predicted octanol–water partition coefficient (Wildman–Crippen LogP) is 2.48. The SMILES string of the molecule is CCCCCCCCOC(=O)C(C)=O. The van der Waals surface area contributed by atoms with E-state index in [1.165, 1.54) is 32.6 Å². The van der Waals surface area contributed by atoms with Gasteiger partial charge in [0.25, 0.3) is 0 Å². The summed E-state index contributed by atoms with van der Waals surface area (Å²) in [7, 11) is 0. The summed E-state index contributed by atoms with van der Waals surface area (Å²) in [6.45, 7) is 3.78. The average Bonchev–Trinajstić information content (AvgIpc) is 2.16. The second-order valence-electron chi connectivity index (χ2n) is 3.46. The molecular formula is C11H20O3. The molecule has 0 amide bonds. The van der Waals surface area contributed by atoms with Crippen molar-refractivity contribution in [1.29, 1.82) is 0 Å². The van der Waals surface area contributed by atoms with Crippen molar-refractivity contribution < 1.29 is 14.3 Å². The first-order valence-electron chi connectivity index (χ1n) is 5.36. The number of esters is 1. The third-order valence-electron chi connectivity index (χ3n) is 2.02. The lowest BCUT2D eigenvalue weighted by Gasteiger charge is -2.02. The van der Waals surface area contributed by atoms with E-state index >= 15 is 0 Å². The normalized spacial score (nSPS) is 9.86. The number of carbonyl (C=O) groups is 2. The molecule has 0 N–H and O–H groups in total. The Hall–Kier alpha value is -0.860. The van der Waals surface area contributed by atoms with Gasteiger partial charge in [0.2, 0.25) is 5.78 Å². The Balaban J connectivity index is 3.13. The highest BCUT2D eigenvalue weighted by Crippen LogP contribution is 2.04. The fourth-order valence-corrected chi connectivity index (χ4v) is 1.15. The number of hydrogen-bond acceptors (Lipinski definition) is 3. The highest BCUT2D eigenvalue weighted by molar-refractivity contribution is 6.32. The Labute approximate surface area is 85.8 Å². The van der Waals surface area contributed by atoms with Crippen LogP contribution in [-0.2, 0) is 14.3 Å². The summed E-state index contributed by atoms with van der Waals surface area (Å²) in [6.07, 6.45) is 6.88. The molecule has 0 fully saturated rings. The van der Waals surface area contributed by atoms with Gasteiger partial charge < -0.3 is 4.74 Å². The number of Topliss-reactive ketones (excluding diaryl/α,β-unsaturated/α-hetero) is 1. The van der Waals surface area contributed by atoms with Gasteiger partial charge in [-0.25, -0.2) is 4.79 Å². The molecule has 0 aliphatic rings. The van der Waals surface area contributed by atoms with Crippen LogP contribution in [-0.4, -0.2) is 18.4 Å². The standard InChI is InChI=1S/C11H20O3/c1-3-4-5-6-7-8-9-14-11(13)10(2)12/h3-9H2,1-2H3. The zero-order valence-electron chi connectivity index (χ0n) is 9.17. The van der Waals surface area contributed by atoms with E-state index < -0.39 is 11.8 Å².